The molecule has 1 amide bonds. The molecule has 2 aromatic rings. The van der Waals surface area contributed by atoms with Crippen LogP contribution in [-0.2, 0) is 11.3 Å². The van der Waals surface area contributed by atoms with Crippen molar-refractivity contribution in [3.63, 3.8) is 0 Å². The van der Waals surface area contributed by atoms with E-state index in [2.05, 4.69) is 5.32 Å². The Balaban J connectivity index is 1.84. The second kappa shape index (κ2) is 8.50. The van der Waals surface area contributed by atoms with Crippen LogP contribution >= 0.6 is 0 Å². The van der Waals surface area contributed by atoms with E-state index in [-0.39, 0.29) is 18.9 Å². The first-order valence-corrected chi connectivity index (χ1v) is 7.99. The van der Waals surface area contributed by atoms with Crippen LogP contribution in [0.3, 0.4) is 0 Å². The zero-order valence-electron chi connectivity index (χ0n) is 14.3. The summed E-state index contributed by atoms with van der Waals surface area (Å²) < 4.78 is 5.04. The molecule has 0 spiro atoms. The number of ether oxygens (including phenoxy) is 1. The fourth-order valence-corrected chi connectivity index (χ4v) is 2.46. The minimum Gasteiger partial charge on any atom is -0.507 e. The van der Waals surface area contributed by atoms with E-state index in [4.69, 9.17) is 4.74 Å². The van der Waals surface area contributed by atoms with Crippen LogP contribution in [0.25, 0.3) is 0 Å². The minimum absolute atomic E-state index is 0.127. The van der Waals surface area contributed by atoms with Crippen LogP contribution in [0, 0.1) is 13.8 Å². The van der Waals surface area contributed by atoms with Gasteiger partial charge < -0.3 is 25.4 Å². The molecule has 0 saturated heterocycles. The van der Waals surface area contributed by atoms with Crippen molar-refractivity contribution in [2.45, 2.75) is 32.7 Å². The van der Waals surface area contributed by atoms with E-state index in [0.29, 0.717) is 16.7 Å². The maximum absolute atomic E-state index is 11.7. The number of aromatic hydroxyl groups is 1. The number of nitrogens with one attached hydrogen (secondary N) is 1. The number of carbonyl (C=O) groups is 1. The molecule has 0 bridgehead atoms. The number of aliphatic hydroxyl groups is 2. The summed E-state index contributed by atoms with van der Waals surface area (Å²) in [4.78, 5) is 11.7. The summed E-state index contributed by atoms with van der Waals surface area (Å²) in [6.07, 6.45) is -3.06. The first-order valence-electron chi connectivity index (χ1n) is 7.99. The van der Waals surface area contributed by atoms with Gasteiger partial charge in [0.1, 0.15) is 24.6 Å². The molecule has 2 atom stereocenters. The van der Waals surface area contributed by atoms with Gasteiger partial charge in [0, 0.05) is 6.54 Å². The van der Waals surface area contributed by atoms with E-state index in [9.17, 15) is 20.1 Å². The molecular formula is C19H23NO5. The summed E-state index contributed by atoms with van der Waals surface area (Å²) in [5, 5.41) is 32.5. The zero-order chi connectivity index (χ0) is 18.4. The lowest BCUT2D eigenvalue weighted by Gasteiger charge is -2.20. The summed E-state index contributed by atoms with van der Waals surface area (Å²) in [6, 6.07) is 12.4. The van der Waals surface area contributed by atoms with Crippen LogP contribution in [0.1, 0.15) is 28.4 Å². The number of benzene rings is 2. The van der Waals surface area contributed by atoms with Crippen LogP contribution in [0.15, 0.2) is 42.5 Å². The molecule has 6 heteroatoms. The van der Waals surface area contributed by atoms with Crippen molar-refractivity contribution in [3.8, 4) is 5.75 Å². The average Bonchev–Trinajstić information content (AvgIpc) is 2.62. The summed E-state index contributed by atoms with van der Waals surface area (Å²) in [7, 11) is 0. The molecule has 0 aliphatic rings. The van der Waals surface area contributed by atoms with Gasteiger partial charge in [-0.3, -0.25) is 0 Å². The van der Waals surface area contributed by atoms with Gasteiger partial charge in [0.25, 0.3) is 0 Å². The molecule has 4 N–H and O–H groups in total. The Morgan fingerprint density at radius 3 is 2.32 bits per heavy atom. The van der Waals surface area contributed by atoms with Gasteiger partial charge in [0.2, 0.25) is 0 Å². The second-order valence-corrected chi connectivity index (χ2v) is 5.96. The van der Waals surface area contributed by atoms with E-state index in [0.717, 1.165) is 5.56 Å². The fourth-order valence-electron chi connectivity index (χ4n) is 2.46. The molecule has 134 valence electrons. The van der Waals surface area contributed by atoms with E-state index in [1.165, 1.54) is 0 Å². The van der Waals surface area contributed by atoms with Gasteiger partial charge in [-0.05, 0) is 48.2 Å². The van der Waals surface area contributed by atoms with Gasteiger partial charge in [-0.1, -0.05) is 30.3 Å². The lowest BCUT2D eigenvalue weighted by Crippen LogP contribution is -2.35. The highest BCUT2D eigenvalue weighted by molar-refractivity contribution is 5.67. The summed E-state index contributed by atoms with van der Waals surface area (Å²) >= 11 is 0. The predicted molar refractivity (Wildman–Crippen MR) is 93.2 cm³/mol. The average molecular weight is 345 g/mol. The van der Waals surface area contributed by atoms with Crippen molar-refractivity contribution < 1.29 is 24.9 Å². The van der Waals surface area contributed by atoms with Crippen LogP contribution in [0.5, 0.6) is 5.75 Å². The summed E-state index contributed by atoms with van der Waals surface area (Å²) in [5.41, 5.74) is 2.54. The van der Waals surface area contributed by atoms with Gasteiger partial charge >= 0.3 is 6.09 Å². The topological polar surface area (TPSA) is 99.0 Å². The Kier molecular flexibility index (Phi) is 6.38. The molecular weight excluding hydrogens is 322 g/mol. The van der Waals surface area contributed by atoms with Gasteiger partial charge in [-0.25, -0.2) is 4.79 Å². The van der Waals surface area contributed by atoms with Crippen molar-refractivity contribution in [1.29, 1.82) is 0 Å². The number of hydrogen-bond acceptors (Lipinski definition) is 5. The molecule has 2 aromatic carbocycles. The standard InChI is InChI=1S/C19H23NO5/c1-12-8-15(9-13(2)17(12)22)18(23)16(21)10-20-19(24)25-11-14-6-4-3-5-7-14/h3-9,16,18,21-23H,10-11H2,1-2H3,(H,20,24). The predicted octanol–water partition coefficient (Wildman–Crippen LogP) is 2.33. The Morgan fingerprint density at radius 2 is 1.72 bits per heavy atom. The highest BCUT2D eigenvalue weighted by atomic mass is 16.5. The van der Waals surface area contributed by atoms with Crippen molar-refractivity contribution in [1.82, 2.24) is 5.32 Å². The molecule has 0 saturated carbocycles. The smallest absolute Gasteiger partial charge is 0.407 e. The third kappa shape index (κ3) is 5.20. The van der Waals surface area contributed by atoms with Crippen LogP contribution < -0.4 is 5.32 Å². The number of phenolic OH excluding ortho intramolecular Hbond substituents is 1. The zero-order valence-corrected chi connectivity index (χ0v) is 14.3. The SMILES string of the molecule is Cc1cc(C(O)C(O)CNC(=O)OCc2ccccc2)cc(C)c1O. The van der Waals surface area contributed by atoms with Crippen LogP contribution in [0.2, 0.25) is 0 Å². The summed E-state index contributed by atoms with van der Waals surface area (Å²) in [6.45, 7) is 3.39. The lowest BCUT2D eigenvalue weighted by molar-refractivity contribution is 0.0183. The van der Waals surface area contributed by atoms with Gasteiger partial charge in [0.15, 0.2) is 0 Å². The number of amides is 1. The van der Waals surface area contributed by atoms with E-state index in [1.807, 2.05) is 30.3 Å². The molecule has 0 aromatic heterocycles. The first-order chi connectivity index (χ1) is 11.9. The Hall–Kier alpha value is -2.57. The number of aryl methyl sites for hydroxylation is 2. The Labute approximate surface area is 146 Å². The molecule has 6 nitrogen and oxygen atoms in total. The highest BCUT2D eigenvalue weighted by Crippen LogP contribution is 2.27. The largest absolute Gasteiger partial charge is 0.507 e. The summed E-state index contributed by atoms with van der Waals surface area (Å²) in [5.74, 6) is 0.160. The Morgan fingerprint density at radius 1 is 1.12 bits per heavy atom. The highest BCUT2D eigenvalue weighted by Gasteiger charge is 2.20. The minimum atomic E-state index is -1.20. The van der Waals surface area contributed by atoms with Gasteiger partial charge in [-0.2, -0.15) is 0 Å². The third-order valence-corrected chi connectivity index (χ3v) is 3.89. The maximum atomic E-state index is 11.7. The van der Waals surface area contributed by atoms with Crippen LogP contribution in [0.4, 0.5) is 4.79 Å². The molecule has 25 heavy (non-hydrogen) atoms. The fraction of sp³-hybridized carbons (Fsp3) is 0.316. The molecule has 2 unspecified atom stereocenters. The lowest BCUT2D eigenvalue weighted by atomic mass is 9.99. The van der Waals surface area contributed by atoms with Crippen molar-refractivity contribution in [2.75, 3.05) is 6.54 Å². The van der Waals surface area contributed by atoms with Crippen LogP contribution in [-0.4, -0.2) is 34.1 Å². The molecule has 0 heterocycles. The molecule has 0 aliphatic heterocycles. The number of alkyl carbamates (subject to hydrolysis) is 1. The molecule has 0 fully saturated rings. The van der Waals surface area contributed by atoms with Gasteiger partial charge in [-0.15, -0.1) is 0 Å². The third-order valence-electron chi connectivity index (χ3n) is 3.89. The molecule has 0 aliphatic carbocycles. The number of aliphatic hydroxyl groups excluding tert-OH is 2. The number of carbonyl (C=O) groups excluding carboxylic acids is 1. The number of hydrogen-bond donors (Lipinski definition) is 4. The number of phenols is 1. The Bertz CT molecular complexity index is 694. The molecule has 0 radical (unpaired) electrons. The van der Waals surface area contributed by atoms with Crippen molar-refractivity contribution in [2.24, 2.45) is 0 Å². The monoisotopic (exact) mass is 345 g/mol. The second-order valence-electron chi connectivity index (χ2n) is 5.96. The molecule has 2 rings (SSSR count). The maximum Gasteiger partial charge on any atom is 0.407 e. The van der Waals surface area contributed by atoms with Crippen molar-refractivity contribution in [3.05, 3.63) is 64.7 Å². The van der Waals surface area contributed by atoms with Gasteiger partial charge in [0.05, 0.1) is 0 Å². The van der Waals surface area contributed by atoms with E-state index in [1.54, 1.807) is 26.0 Å². The number of rotatable bonds is 6. The first kappa shape index (κ1) is 18.8. The van der Waals surface area contributed by atoms with Crippen molar-refractivity contribution >= 4 is 6.09 Å². The quantitative estimate of drug-likeness (QED) is 0.644. The van der Waals surface area contributed by atoms with E-state index < -0.39 is 18.3 Å². The normalized spacial score (nSPS) is 13.1. The van der Waals surface area contributed by atoms with E-state index >= 15 is 0 Å².